The first-order valence-electron chi connectivity index (χ1n) is 7.69. The van der Waals surface area contributed by atoms with Crippen LogP contribution in [0.1, 0.15) is 32.4 Å². The molecule has 1 unspecified atom stereocenters. The Morgan fingerprint density at radius 1 is 1.14 bits per heavy atom. The van der Waals surface area contributed by atoms with Crippen LogP contribution in [0.3, 0.4) is 0 Å². The van der Waals surface area contributed by atoms with Gasteiger partial charge >= 0.3 is 0 Å². The zero-order valence-corrected chi connectivity index (χ0v) is 14.4. The van der Waals surface area contributed by atoms with Gasteiger partial charge in [-0.05, 0) is 39.1 Å². The smallest absolute Gasteiger partial charge is 0.125 e. The molecule has 0 aliphatic rings. The molecule has 0 radical (unpaired) electrons. The molecule has 1 aromatic carbocycles. The Labute approximate surface area is 129 Å². The topological polar surface area (TPSA) is 41.7 Å². The molecule has 0 spiro atoms. The van der Waals surface area contributed by atoms with Gasteiger partial charge in [0, 0.05) is 36.9 Å². The molecule has 0 bridgehead atoms. The summed E-state index contributed by atoms with van der Waals surface area (Å²) in [5, 5.41) is 0. The lowest BCUT2D eigenvalue weighted by Gasteiger charge is -2.31. The number of nitrogens with zero attached hydrogens (tertiary/aromatic N) is 2. The molecular weight excluding hydrogens is 262 g/mol. The zero-order valence-electron chi connectivity index (χ0n) is 14.4. The number of hydrogen-bond donors (Lipinski definition) is 1. The van der Waals surface area contributed by atoms with Gasteiger partial charge in [-0.2, -0.15) is 0 Å². The fourth-order valence-corrected chi connectivity index (χ4v) is 2.52. The molecule has 120 valence electrons. The van der Waals surface area contributed by atoms with Crippen LogP contribution in [0.2, 0.25) is 0 Å². The maximum atomic E-state index is 6.20. The molecule has 1 atom stereocenters. The number of nitrogens with two attached hydrogens (primary N) is 1. The Morgan fingerprint density at radius 2 is 1.81 bits per heavy atom. The summed E-state index contributed by atoms with van der Waals surface area (Å²) in [7, 11) is 5.91. The van der Waals surface area contributed by atoms with Gasteiger partial charge in [0.1, 0.15) is 5.75 Å². The molecular formula is C17H31N3O. The van der Waals surface area contributed by atoms with Crippen LogP contribution in [-0.4, -0.2) is 45.7 Å². The Kier molecular flexibility index (Phi) is 6.99. The molecule has 2 N–H and O–H groups in total. The van der Waals surface area contributed by atoms with Gasteiger partial charge in [-0.15, -0.1) is 0 Å². The highest BCUT2D eigenvalue weighted by molar-refractivity contribution is 5.60. The van der Waals surface area contributed by atoms with E-state index in [1.54, 1.807) is 7.11 Å². The largest absolute Gasteiger partial charge is 0.496 e. The second kappa shape index (κ2) is 8.25. The molecule has 0 saturated carbocycles. The molecule has 0 amide bonds. The maximum absolute atomic E-state index is 6.20. The van der Waals surface area contributed by atoms with Crippen LogP contribution < -0.4 is 15.4 Å². The van der Waals surface area contributed by atoms with E-state index in [0.29, 0.717) is 5.92 Å². The van der Waals surface area contributed by atoms with Gasteiger partial charge in [0.15, 0.2) is 0 Å². The third-order valence-corrected chi connectivity index (χ3v) is 3.46. The van der Waals surface area contributed by atoms with Crippen LogP contribution in [0.4, 0.5) is 5.69 Å². The average Bonchev–Trinajstić information content (AvgIpc) is 2.41. The molecule has 1 rings (SSSR count). The minimum atomic E-state index is -0.0508. The summed E-state index contributed by atoms with van der Waals surface area (Å²) in [6, 6.07) is 6.13. The molecule has 0 aliphatic carbocycles. The Balaban J connectivity index is 3.16. The van der Waals surface area contributed by atoms with Crippen LogP contribution in [0.15, 0.2) is 18.2 Å². The van der Waals surface area contributed by atoms with E-state index in [1.165, 1.54) is 5.69 Å². The molecule has 0 aliphatic heterocycles. The number of rotatable bonds is 8. The van der Waals surface area contributed by atoms with Crippen molar-refractivity contribution in [2.75, 3.05) is 45.7 Å². The number of ether oxygens (including phenoxy) is 1. The van der Waals surface area contributed by atoms with E-state index in [1.807, 2.05) is 19.1 Å². The van der Waals surface area contributed by atoms with E-state index in [9.17, 15) is 0 Å². The van der Waals surface area contributed by atoms with Crippen LogP contribution in [0.5, 0.6) is 5.75 Å². The summed E-state index contributed by atoms with van der Waals surface area (Å²) in [5.74, 6) is 1.47. The third kappa shape index (κ3) is 5.21. The predicted molar refractivity (Wildman–Crippen MR) is 91.2 cm³/mol. The van der Waals surface area contributed by atoms with Gasteiger partial charge < -0.3 is 20.3 Å². The summed E-state index contributed by atoms with van der Waals surface area (Å²) in [6.07, 6.45) is 0. The summed E-state index contributed by atoms with van der Waals surface area (Å²) < 4.78 is 5.51. The molecule has 1 aromatic rings. The second-order valence-electron chi connectivity index (χ2n) is 6.32. The summed E-state index contributed by atoms with van der Waals surface area (Å²) in [5.41, 5.74) is 8.49. The van der Waals surface area contributed by atoms with Crippen LogP contribution in [0.25, 0.3) is 0 Å². The standard InChI is InChI=1S/C17H31N3O/c1-13(2)12-20(11-10-19(4)5)15-8-7-9-16(21-6)17(15)14(3)18/h7-9,13-14H,10-12,18H2,1-6H3. The highest BCUT2D eigenvalue weighted by Crippen LogP contribution is 2.33. The fraction of sp³-hybridized carbons (Fsp3) is 0.647. The van der Waals surface area contributed by atoms with Gasteiger partial charge in [-0.1, -0.05) is 19.9 Å². The van der Waals surface area contributed by atoms with E-state index in [4.69, 9.17) is 10.5 Å². The van der Waals surface area contributed by atoms with E-state index in [0.717, 1.165) is 30.9 Å². The van der Waals surface area contributed by atoms with Crippen molar-refractivity contribution >= 4 is 5.69 Å². The molecule has 0 saturated heterocycles. The molecule has 21 heavy (non-hydrogen) atoms. The van der Waals surface area contributed by atoms with Gasteiger partial charge in [0.2, 0.25) is 0 Å². The van der Waals surface area contributed by atoms with E-state index < -0.39 is 0 Å². The Morgan fingerprint density at radius 3 is 2.29 bits per heavy atom. The highest BCUT2D eigenvalue weighted by atomic mass is 16.5. The van der Waals surface area contributed by atoms with Crippen LogP contribution in [0, 0.1) is 5.92 Å². The van der Waals surface area contributed by atoms with Crippen molar-refractivity contribution in [2.45, 2.75) is 26.8 Å². The number of methoxy groups -OCH3 is 1. The minimum absolute atomic E-state index is 0.0508. The van der Waals surface area contributed by atoms with Crippen molar-refractivity contribution < 1.29 is 4.74 Å². The number of anilines is 1. The van der Waals surface area contributed by atoms with Gasteiger partial charge in [0.05, 0.1) is 7.11 Å². The maximum Gasteiger partial charge on any atom is 0.125 e. The van der Waals surface area contributed by atoms with Gasteiger partial charge in [-0.3, -0.25) is 0 Å². The highest BCUT2D eigenvalue weighted by Gasteiger charge is 2.18. The van der Waals surface area contributed by atoms with E-state index >= 15 is 0 Å². The fourth-order valence-electron chi connectivity index (χ4n) is 2.52. The van der Waals surface area contributed by atoms with Crippen LogP contribution >= 0.6 is 0 Å². The van der Waals surface area contributed by atoms with Crippen molar-refractivity contribution in [2.24, 2.45) is 11.7 Å². The lowest BCUT2D eigenvalue weighted by atomic mass is 10.0. The number of likely N-dealkylation sites (N-methyl/N-ethyl adjacent to an activating group) is 1. The van der Waals surface area contributed by atoms with Crippen molar-refractivity contribution in [3.8, 4) is 5.75 Å². The first-order valence-corrected chi connectivity index (χ1v) is 7.69. The summed E-state index contributed by atoms with van der Waals surface area (Å²) in [6.45, 7) is 9.52. The SMILES string of the molecule is COc1cccc(N(CCN(C)C)CC(C)C)c1C(C)N. The van der Waals surface area contributed by atoms with Crippen LogP contribution in [-0.2, 0) is 0 Å². The molecule has 4 nitrogen and oxygen atoms in total. The average molecular weight is 293 g/mol. The molecule has 0 aromatic heterocycles. The monoisotopic (exact) mass is 293 g/mol. The Bertz CT molecular complexity index is 430. The predicted octanol–water partition coefficient (Wildman–Crippen LogP) is 2.74. The lowest BCUT2D eigenvalue weighted by molar-refractivity contribution is 0.402. The third-order valence-electron chi connectivity index (χ3n) is 3.46. The van der Waals surface area contributed by atoms with Gasteiger partial charge in [0.25, 0.3) is 0 Å². The first-order chi connectivity index (χ1) is 9.86. The lowest BCUT2D eigenvalue weighted by Crippen LogP contribution is -2.35. The van der Waals surface area contributed by atoms with E-state index in [-0.39, 0.29) is 6.04 Å². The Hall–Kier alpha value is -1.26. The van der Waals surface area contributed by atoms with Crippen molar-refractivity contribution in [1.82, 2.24) is 4.90 Å². The molecule has 0 heterocycles. The summed E-state index contributed by atoms with van der Waals surface area (Å²) in [4.78, 5) is 4.63. The molecule has 4 heteroatoms. The van der Waals surface area contributed by atoms with E-state index in [2.05, 4.69) is 43.8 Å². The first kappa shape index (κ1) is 17.8. The van der Waals surface area contributed by atoms with Gasteiger partial charge in [-0.25, -0.2) is 0 Å². The quantitative estimate of drug-likeness (QED) is 0.800. The van der Waals surface area contributed by atoms with Crippen molar-refractivity contribution in [3.63, 3.8) is 0 Å². The van der Waals surface area contributed by atoms with Crippen molar-refractivity contribution in [1.29, 1.82) is 0 Å². The summed E-state index contributed by atoms with van der Waals surface area (Å²) >= 11 is 0. The second-order valence-corrected chi connectivity index (χ2v) is 6.32. The minimum Gasteiger partial charge on any atom is -0.496 e. The molecule has 0 fully saturated rings. The number of benzene rings is 1. The number of hydrogen-bond acceptors (Lipinski definition) is 4. The zero-order chi connectivity index (χ0) is 16.0. The van der Waals surface area contributed by atoms with Crippen molar-refractivity contribution in [3.05, 3.63) is 23.8 Å². The normalized spacial score (nSPS) is 12.8.